The first kappa shape index (κ1) is 55.6. The van der Waals surface area contributed by atoms with Crippen LogP contribution in [0.1, 0.15) is 81.1 Å². The van der Waals surface area contributed by atoms with E-state index in [0.717, 1.165) is 0 Å². The minimum atomic E-state index is -3.39. The van der Waals surface area contributed by atoms with Crippen LogP contribution in [0.3, 0.4) is 0 Å². The predicted octanol–water partition coefficient (Wildman–Crippen LogP) is 8.44. The summed E-state index contributed by atoms with van der Waals surface area (Å²) in [4.78, 5) is 46.3. The Morgan fingerprint density at radius 1 is 0.612 bits per heavy atom. The van der Waals surface area contributed by atoms with Gasteiger partial charge in [-0.05, 0) is 50.1 Å². The molecule has 0 amide bonds. The van der Waals surface area contributed by atoms with Crippen LogP contribution in [-0.2, 0) is 60.0 Å². The summed E-state index contributed by atoms with van der Waals surface area (Å²) in [6.07, 6.45) is -0.566. The van der Waals surface area contributed by atoms with Gasteiger partial charge in [-0.3, -0.25) is 28.3 Å². The van der Waals surface area contributed by atoms with E-state index in [1.807, 2.05) is 0 Å². The van der Waals surface area contributed by atoms with Gasteiger partial charge in [0.15, 0.2) is 16.6 Å². The van der Waals surface area contributed by atoms with Crippen LogP contribution in [0.2, 0.25) is 36.3 Å². The average Bonchev–Trinajstić information content (AvgIpc) is 2.91. The van der Waals surface area contributed by atoms with E-state index in [1.54, 1.807) is 0 Å². The van der Waals surface area contributed by atoms with Crippen LogP contribution in [-0.4, -0.2) is 101 Å². The van der Waals surface area contributed by atoms with Crippen LogP contribution in [0.15, 0.2) is 0 Å². The molecular formula is C31H67IO13P2Si2. The number of halogens is 1. The Balaban J connectivity index is -0.000000346. The third-order valence-electron chi connectivity index (χ3n) is 8.23. The van der Waals surface area contributed by atoms with E-state index in [0.29, 0.717) is 0 Å². The Morgan fingerprint density at radius 2 is 0.939 bits per heavy atom. The van der Waals surface area contributed by atoms with Crippen LogP contribution in [0.25, 0.3) is 0 Å². The first-order valence-corrected chi connectivity index (χ1v) is 25.2. The Labute approximate surface area is 315 Å². The molecule has 18 heteroatoms. The molecule has 0 aliphatic carbocycles. The van der Waals surface area contributed by atoms with Gasteiger partial charge >= 0.3 is 21.2 Å². The molecule has 0 aromatic heterocycles. The predicted molar refractivity (Wildman–Crippen MR) is 210 cm³/mol. The summed E-state index contributed by atoms with van der Waals surface area (Å²) in [6.45, 7) is 25.4. The number of ketones is 3. The highest BCUT2D eigenvalue weighted by Crippen LogP contribution is 2.46. The molecule has 0 N–H and O–H groups in total. The summed E-state index contributed by atoms with van der Waals surface area (Å²) in [7, 11) is -3.59. The number of rotatable bonds is 18. The minimum Gasteiger partial charge on any atom is -0.469 e. The van der Waals surface area contributed by atoms with Crippen LogP contribution < -0.4 is 0 Å². The number of hydrogen-bond acceptors (Lipinski definition) is 13. The quantitative estimate of drug-likeness (QED) is 0.0557. The van der Waals surface area contributed by atoms with Gasteiger partial charge < -0.3 is 31.7 Å². The number of carbonyl (C=O) groups is 4. The summed E-state index contributed by atoms with van der Waals surface area (Å²) in [6, 6.07) is 0. The smallest absolute Gasteiger partial charge is 0.337 e. The SMILES string of the molecule is COC(=O)C[C@H](CC(C)=O)O[Si](C)(C)C(C)(C)C.COP(=O)(CC(=O)C[C@H](CC(C)=O)O[Si](C)(C)C(C)(C)C)OC.COP(C)(=O)OC.I. The maximum atomic E-state index is 12.2. The van der Waals surface area contributed by atoms with E-state index in [-0.39, 0.29) is 95.3 Å². The van der Waals surface area contributed by atoms with Crippen molar-refractivity contribution in [2.75, 3.05) is 48.4 Å². The summed E-state index contributed by atoms with van der Waals surface area (Å²) >= 11 is 0. The number of ether oxygens (including phenoxy) is 1. The normalized spacial score (nSPS) is 13.8. The van der Waals surface area contributed by atoms with Crippen molar-refractivity contribution in [1.29, 1.82) is 0 Å². The lowest BCUT2D eigenvalue weighted by molar-refractivity contribution is -0.142. The maximum Gasteiger partial charge on any atom is 0.337 e. The van der Waals surface area contributed by atoms with E-state index in [2.05, 4.69) is 81.5 Å². The molecule has 2 atom stereocenters. The van der Waals surface area contributed by atoms with E-state index in [9.17, 15) is 28.3 Å². The maximum absolute atomic E-state index is 12.2. The van der Waals surface area contributed by atoms with Gasteiger partial charge in [-0.25, -0.2) is 0 Å². The fraction of sp³-hybridized carbons (Fsp3) is 0.871. The molecule has 0 saturated heterocycles. The third kappa shape index (κ3) is 25.5. The molecule has 0 saturated carbocycles. The highest BCUT2D eigenvalue weighted by atomic mass is 127. The summed E-state index contributed by atoms with van der Waals surface area (Å²) in [5.41, 5.74) is 0. The number of carbonyl (C=O) groups excluding carboxylic acids is 4. The number of hydrogen-bond donors (Lipinski definition) is 0. The lowest BCUT2D eigenvalue weighted by atomic mass is 10.1. The van der Waals surface area contributed by atoms with Crippen molar-refractivity contribution in [3.8, 4) is 0 Å². The molecule has 294 valence electrons. The molecule has 13 nitrogen and oxygen atoms in total. The minimum absolute atomic E-state index is 0. The van der Waals surface area contributed by atoms with Crippen molar-refractivity contribution < 1.29 is 60.0 Å². The molecule has 0 rings (SSSR count). The van der Waals surface area contributed by atoms with Gasteiger partial charge in [0.25, 0.3) is 0 Å². The molecule has 0 bridgehead atoms. The number of esters is 1. The highest BCUT2D eigenvalue weighted by Gasteiger charge is 2.41. The van der Waals surface area contributed by atoms with Gasteiger partial charge in [-0.1, -0.05) is 41.5 Å². The second-order valence-corrected chi connectivity index (χ2v) is 28.7. The Morgan fingerprint density at radius 3 is 1.16 bits per heavy atom. The zero-order chi connectivity index (χ0) is 38.9. The van der Waals surface area contributed by atoms with E-state index >= 15 is 0 Å². The standard InChI is InChI=1S/C15H31O6PSi.C13H26O4Si.C3H9O3P.HI/c1-12(16)9-14(21-23(7,8)15(2,3)4)10-13(17)11-22(18,19-5)20-6;1-10(14)8-11(9-12(15)16-5)17-18(6,7)13(2,3)4;1-5-7(3,4)6-2;/h14H,9-11H2,1-8H3;11H,8-9H2,1-7H3;1-3H3;1H/t14-;11-;;/m00../s1. The van der Waals surface area contributed by atoms with Crippen molar-refractivity contribution in [3.63, 3.8) is 0 Å². The van der Waals surface area contributed by atoms with E-state index in [1.165, 1.54) is 56.1 Å². The van der Waals surface area contributed by atoms with Crippen molar-refractivity contribution in [3.05, 3.63) is 0 Å². The third-order valence-corrected chi connectivity index (χ3v) is 20.5. The summed E-state index contributed by atoms with van der Waals surface area (Å²) < 4.78 is 57.9. The monoisotopic (exact) mass is 892 g/mol. The molecule has 0 unspecified atom stereocenters. The lowest BCUT2D eigenvalue weighted by Crippen LogP contribution is -2.45. The van der Waals surface area contributed by atoms with Gasteiger partial charge in [0.05, 0.1) is 25.7 Å². The zero-order valence-corrected chi connectivity index (χ0v) is 39.4. The molecule has 0 aliphatic heterocycles. The van der Waals surface area contributed by atoms with Crippen LogP contribution in [0.4, 0.5) is 0 Å². The first-order chi connectivity index (χ1) is 21.4. The Hall–Kier alpha value is -0.136. The van der Waals surface area contributed by atoms with Crippen LogP contribution in [0.5, 0.6) is 0 Å². The fourth-order valence-electron chi connectivity index (χ4n) is 3.22. The molecule has 0 aromatic carbocycles. The van der Waals surface area contributed by atoms with Gasteiger partial charge in [0.2, 0.25) is 0 Å². The lowest BCUT2D eigenvalue weighted by Gasteiger charge is -2.39. The summed E-state index contributed by atoms with van der Waals surface area (Å²) in [5.74, 6) is -0.632. The summed E-state index contributed by atoms with van der Waals surface area (Å²) in [5, 5.41) is 0.0254. The van der Waals surface area contributed by atoms with Crippen molar-refractivity contribution in [2.45, 2.75) is 130 Å². The van der Waals surface area contributed by atoms with Crippen molar-refractivity contribution in [2.24, 2.45) is 0 Å². The number of Topliss-reactive ketones (excluding diaryl/α,β-unsaturated/α-hetero) is 3. The van der Waals surface area contributed by atoms with Gasteiger partial charge in [0, 0.05) is 54.4 Å². The molecule has 0 fully saturated rings. The second kappa shape index (κ2) is 24.2. The zero-order valence-electron chi connectivity index (χ0n) is 33.3. The molecule has 0 spiro atoms. The molecule has 0 aliphatic rings. The Kier molecular flexibility index (Phi) is 27.5. The molecule has 49 heavy (non-hydrogen) atoms. The van der Waals surface area contributed by atoms with Crippen LogP contribution >= 0.6 is 39.2 Å². The van der Waals surface area contributed by atoms with Gasteiger partial charge in [-0.2, -0.15) is 0 Å². The second-order valence-electron chi connectivity index (χ2n) is 14.6. The van der Waals surface area contributed by atoms with Gasteiger partial charge in [-0.15, -0.1) is 24.0 Å². The molecule has 0 heterocycles. The Bertz CT molecular complexity index is 1100. The molecular weight excluding hydrogens is 825 g/mol. The highest BCUT2D eigenvalue weighted by molar-refractivity contribution is 14.0. The molecule has 0 aromatic rings. The van der Waals surface area contributed by atoms with Gasteiger partial charge in [0.1, 0.15) is 23.5 Å². The topological polar surface area (TPSA) is 167 Å². The number of methoxy groups -OCH3 is 1. The van der Waals surface area contributed by atoms with E-state index < -0.39 is 37.9 Å². The van der Waals surface area contributed by atoms with Crippen molar-refractivity contribution >= 4 is 79.1 Å². The molecule has 0 radical (unpaired) electrons. The van der Waals surface area contributed by atoms with Crippen LogP contribution in [0, 0.1) is 0 Å². The van der Waals surface area contributed by atoms with Crippen molar-refractivity contribution in [1.82, 2.24) is 0 Å². The first-order valence-electron chi connectivity index (χ1n) is 15.7. The average molecular weight is 893 g/mol. The van der Waals surface area contributed by atoms with E-state index in [4.69, 9.17) is 17.9 Å². The fourth-order valence-corrected chi connectivity index (χ4v) is 7.05. The largest absolute Gasteiger partial charge is 0.469 e.